The standard InChI is InChI=1S/C16H22N4O2/c21-15-4-2-1-3-12-5-6-14(20(12)15)16(22)18-7-8-19-11-17-9-13(19)10-18/h9,11-12,14H,1-8,10H2/t12-,14-/m0/s1. The van der Waals surface area contributed by atoms with Crippen LogP contribution in [-0.2, 0) is 22.7 Å². The van der Waals surface area contributed by atoms with E-state index >= 15 is 0 Å². The molecule has 1 aromatic heterocycles. The van der Waals surface area contributed by atoms with Crippen molar-refractivity contribution in [3.05, 3.63) is 18.2 Å². The minimum absolute atomic E-state index is 0.130. The number of hydrogen-bond acceptors (Lipinski definition) is 3. The van der Waals surface area contributed by atoms with Gasteiger partial charge in [0.2, 0.25) is 11.8 Å². The van der Waals surface area contributed by atoms with E-state index in [1.807, 2.05) is 22.3 Å². The van der Waals surface area contributed by atoms with E-state index in [4.69, 9.17) is 0 Å². The second-order valence-corrected chi connectivity index (χ2v) is 6.63. The van der Waals surface area contributed by atoms with Crippen LogP contribution in [0.5, 0.6) is 0 Å². The van der Waals surface area contributed by atoms with Gasteiger partial charge in [-0.2, -0.15) is 0 Å². The molecule has 118 valence electrons. The van der Waals surface area contributed by atoms with Crippen LogP contribution in [0, 0.1) is 0 Å². The normalized spacial score (nSPS) is 28.3. The van der Waals surface area contributed by atoms with Crippen molar-refractivity contribution < 1.29 is 9.59 Å². The van der Waals surface area contributed by atoms with Crippen molar-refractivity contribution in [3.63, 3.8) is 0 Å². The highest BCUT2D eigenvalue weighted by Gasteiger charge is 2.43. The van der Waals surface area contributed by atoms with Gasteiger partial charge in [-0.15, -0.1) is 0 Å². The van der Waals surface area contributed by atoms with Crippen LogP contribution in [0.4, 0.5) is 0 Å². The minimum atomic E-state index is -0.231. The molecule has 1 aromatic rings. The Morgan fingerprint density at radius 1 is 1.18 bits per heavy atom. The molecule has 2 atom stereocenters. The smallest absolute Gasteiger partial charge is 0.245 e. The second kappa shape index (κ2) is 5.41. The molecule has 0 N–H and O–H groups in total. The van der Waals surface area contributed by atoms with E-state index < -0.39 is 0 Å². The van der Waals surface area contributed by atoms with Gasteiger partial charge >= 0.3 is 0 Å². The Morgan fingerprint density at radius 2 is 2.09 bits per heavy atom. The average Bonchev–Trinajstić information content (AvgIpc) is 3.12. The molecule has 2 saturated heterocycles. The molecule has 6 heteroatoms. The van der Waals surface area contributed by atoms with Crippen molar-refractivity contribution in [2.45, 2.75) is 63.7 Å². The summed E-state index contributed by atoms with van der Waals surface area (Å²) in [5, 5.41) is 0. The van der Waals surface area contributed by atoms with Crippen LogP contribution in [0.1, 0.15) is 44.2 Å². The number of amides is 2. The van der Waals surface area contributed by atoms with Crippen molar-refractivity contribution >= 4 is 11.8 Å². The van der Waals surface area contributed by atoms with Gasteiger partial charge in [-0.1, -0.05) is 6.42 Å². The Bertz CT molecular complexity index is 597. The van der Waals surface area contributed by atoms with Crippen LogP contribution in [0.2, 0.25) is 0 Å². The summed E-state index contributed by atoms with van der Waals surface area (Å²) >= 11 is 0. The number of carbonyl (C=O) groups excluding carboxylic acids is 2. The second-order valence-electron chi connectivity index (χ2n) is 6.63. The minimum Gasteiger partial charge on any atom is -0.333 e. The number of carbonyl (C=O) groups is 2. The number of imidazole rings is 1. The molecule has 2 fully saturated rings. The molecular weight excluding hydrogens is 280 g/mol. The quantitative estimate of drug-likeness (QED) is 0.782. The molecule has 3 aliphatic heterocycles. The highest BCUT2D eigenvalue weighted by Crippen LogP contribution is 2.32. The van der Waals surface area contributed by atoms with Crippen LogP contribution in [-0.4, -0.2) is 49.8 Å². The lowest BCUT2D eigenvalue weighted by molar-refractivity contribution is -0.146. The molecule has 0 saturated carbocycles. The van der Waals surface area contributed by atoms with E-state index in [1.54, 1.807) is 0 Å². The predicted octanol–water partition coefficient (Wildman–Crippen LogP) is 1.16. The molecule has 4 heterocycles. The monoisotopic (exact) mass is 302 g/mol. The Balaban J connectivity index is 1.52. The van der Waals surface area contributed by atoms with Crippen LogP contribution in [0.25, 0.3) is 0 Å². The van der Waals surface area contributed by atoms with Crippen LogP contribution >= 0.6 is 0 Å². The van der Waals surface area contributed by atoms with E-state index in [0.29, 0.717) is 25.6 Å². The zero-order chi connectivity index (χ0) is 15.1. The molecule has 0 bridgehead atoms. The fraction of sp³-hybridized carbons (Fsp3) is 0.688. The molecule has 0 spiro atoms. The highest BCUT2D eigenvalue weighted by molar-refractivity contribution is 5.88. The molecular formula is C16H22N4O2. The molecule has 22 heavy (non-hydrogen) atoms. The molecule has 0 aliphatic carbocycles. The molecule has 6 nitrogen and oxygen atoms in total. The molecule has 0 unspecified atom stereocenters. The SMILES string of the molecule is O=C([C@@H]1CC[C@@H]2CCCCC(=O)N21)N1CCn2cncc2C1. The number of fused-ring (bicyclic) bond motifs is 2. The van der Waals surface area contributed by atoms with Gasteiger partial charge in [-0.3, -0.25) is 9.59 Å². The van der Waals surface area contributed by atoms with Gasteiger partial charge in [0.25, 0.3) is 0 Å². The third kappa shape index (κ3) is 2.21. The zero-order valence-corrected chi connectivity index (χ0v) is 12.8. The number of rotatable bonds is 1. The maximum Gasteiger partial charge on any atom is 0.245 e. The molecule has 4 rings (SSSR count). The van der Waals surface area contributed by atoms with Crippen molar-refractivity contribution in [2.75, 3.05) is 6.54 Å². The van der Waals surface area contributed by atoms with Crippen LogP contribution < -0.4 is 0 Å². The maximum absolute atomic E-state index is 12.9. The molecule has 0 radical (unpaired) electrons. The summed E-state index contributed by atoms with van der Waals surface area (Å²) in [6.45, 7) is 2.12. The zero-order valence-electron chi connectivity index (χ0n) is 12.8. The summed E-state index contributed by atoms with van der Waals surface area (Å²) in [6, 6.07) is 0.0596. The lowest BCUT2D eigenvalue weighted by atomic mass is 10.1. The largest absolute Gasteiger partial charge is 0.333 e. The van der Waals surface area contributed by atoms with E-state index in [0.717, 1.165) is 44.3 Å². The fourth-order valence-corrected chi connectivity index (χ4v) is 4.15. The van der Waals surface area contributed by atoms with E-state index in [2.05, 4.69) is 9.55 Å². The first kappa shape index (κ1) is 13.8. The highest BCUT2D eigenvalue weighted by atomic mass is 16.2. The van der Waals surface area contributed by atoms with E-state index in [9.17, 15) is 9.59 Å². The van der Waals surface area contributed by atoms with Crippen LogP contribution in [0.15, 0.2) is 12.5 Å². The number of nitrogens with zero attached hydrogens (tertiary/aromatic N) is 4. The molecule has 2 amide bonds. The first-order valence-electron chi connectivity index (χ1n) is 8.33. The summed E-state index contributed by atoms with van der Waals surface area (Å²) in [6.07, 6.45) is 9.19. The van der Waals surface area contributed by atoms with Gasteiger partial charge < -0.3 is 14.4 Å². The summed E-state index contributed by atoms with van der Waals surface area (Å²) in [7, 11) is 0. The van der Waals surface area contributed by atoms with Gasteiger partial charge in [0.15, 0.2) is 0 Å². The third-order valence-electron chi connectivity index (χ3n) is 5.33. The first-order chi connectivity index (χ1) is 10.7. The van der Waals surface area contributed by atoms with E-state index in [1.165, 1.54) is 0 Å². The topological polar surface area (TPSA) is 58.4 Å². The van der Waals surface area contributed by atoms with Gasteiger partial charge in [0, 0.05) is 31.7 Å². The Hall–Kier alpha value is -1.85. The summed E-state index contributed by atoms with van der Waals surface area (Å²) in [5.74, 6) is 0.311. The third-order valence-corrected chi connectivity index (χ3v) is 5.33. The number of aromatic nitrogens is 2. The van der Waals surface area contributed by atoms with Gasteiger partial charge in [-0.25, -0.2) is 4.98 Å². The average molecular weight is 302 g/mol. The predicted molar refractivity (Wildman–Crippen MR) is 79.8 cm³/mol. The van der Waals surface area contributed by atoms with Crippen molar-refractivity contribution in [3.8, 4) is 0 Å². The van der Waals surface area contributed by atoms with Crippen molar-refractivity contribution in [1.82, 2.24) is 19.4 Å². The lowest BCUT2D eigenvalue weighted by Crippen LogP contribution is -2.51. The maximum atomic E-state index is 12.9. The van der Waals surface area contributed by atoms with Gasteiger partial charge in [0.05, 0.1) is 18.6 Å². The van der Waals surface area contributed by atoms with Gasteiger partial charge in [0.1, 0.15) is 6.04 Å². The molecule has 0 aromatic carbocycles. The Labute approximate surface area is 130 Å². The Morgan fingerprint density at radius 3 is 3.00 bits per heavy atom. The van der Waals surface area contributed by atoms with Gasteiger partial charge in [-0.05, 0) is 25.7 Å². The summed E-state index contributed by atoms with van der Waals surface area (Å²) in [4.78, 5) is 33.3. The fourth-order valence-electron chi connectivity index (χ4n) is 4.15. The molecule has 3 aliphatic rings. The first-order valence-corrected chi connectivity index (χ1v) is 8.33. The lowest BCUT2D eigenvalue weighted by Gasteiger charge is -2.34. The van der Waals surface area contributed by atoms with Crippen molar-refractivity contribution in [1.29, 1.82) is 0 Å². The van der Waals surface area contributed by atoms with Crippen molar-refractivity contribution in [2.24, 2.45) is 0 Å². The summed E-state index contributed by atoms with van der Waals surface area (Å²) < 4.78 is 2.10. The van der Waals surface area contributed by atoms with Crippen LogP contribution in [0.3, 0.4) is 0 Å². The Kier molecular flexibility index (Phi) is 3.39. The van der Waals surface area contributed by atoms with E-state index in [-0.39, 0.29) is 17.9 Å². The number of hydrogen-bond donors (Lipinski definition) is 0. The summed E-state index contributed by atoms with van der Waals surface area (Å²) in [5.41, 5.74) is 1.08.